The lowest BCUT2D eigenvalue weighted by atomic mass is 10.0. The highest BCUT2D eigenvalue weighted by Crippen LogP contribution is 2.37. The van der Waals surface area contributed by atoms with Crippen LogP contribution < -0.4 is 0 Å². The average Bonchev–Trinajstić information content (AvgIpc) is 2.86. The Morgan fingerprint density at radius 3 is 2.92 bits per heavy atom. The Morgan fingerprint density at radius 2 is 2.08 bits per heavy atom. The number of nitrogens with zero attached hydrogens (tertiary/aromatic N) is 2. The molecule has 1 fully saturated rings. The van der Waals surface area contributed by atoms with Gasteiger partial charge < -0.3 is 4.57 Å². The van der Waals surface area contributed by atoms with Crippen LogP contribution in [0.5, 0.6) is 0 Å². The zero-order valence-electron chi connectivity index (χ0n) is 7.21. The molecule has 0 atom stereocenters. The fourth-order valence-electron chi connectivity index (χ4n) is 2.06. The smallest absolute Gasteiger partial charge is 0.177 e. The van der Waals surface area contributed by atoms with Crippen LogP contribution in [0.2, 0.25) is 0 Å². The van der Waals surface area contributed by atoms with Crippen molar-refractivity contribution in [2.75, 3.05) is 0 Å². The van der Waals surface area contributed by atoms with Crippen molar-refractivity contribution < 1.29 is 0 Å². The van der Waals surface area contributed by atoms with Crippen LogP contribution in [-0.4, -0.2) is 9.55 Å². The van der Waals surface area contributed by atoms with Crippen molar-refractivity contribution in [3.8, 4) is 0 Å². The number of hydrogen-bond acceptors (Lipinski definition) is 1. The first kappa shape index (κ1) is 6.70. The standard InChI is InChI=1S/C10H13N2/c1-2-4-10-9(3-1)11-7-12(10)8-5-6-8/h8H,1-6H2. The summed E-state index contributed by atoms with van der Waals surface area (Å²) in [6.45, 7) is 0. The van der Waals surface area contributed by atoms with E-state index < -0.39 is 0 Å². The third-order valence-corrected chi connectivity index (χ3v) is 2.91. The summed E-state index contributed by atoms with van der Waals surface area (Å²) in [6.07, 6.45) is 10.9. The highest BCUT2D eigenvalue weighted by atomic mass is 15.1. The van der Waals surface area contributed by atoms with Gasteiger partial charge in [0, 0.05) is 11.7 Å². The van der Waals surface area contributed by atoms with Gasteiger partial charge in [-0.2, -0.15) is 0 Å². The van der Waals surface area contributed by atoms with E-state index in [4.69, 9.17) is 0 Å². The largest absolute Gasteiger partial charge is 0.322 e. The molecule has 1 radical (unpaired) electrons. The molecule has 12 heavy (non-hydrogen) atoms. The van der Waals surface area contributed by atoms with E-state index in [9.17, 15) is 0 Å². The van der Waals surface area contributed by atoms with Gasteiger partial charge in [0.05, 0.1) is 5.69 Å². The Hall–Kier alpha value is -0.790. The summed E-state index contributed by atoms with van der Waals surface area (Å²) >= 11 is 0. The Labute approximate surface area is 72.6 Å². The third-order valence-electron chi connectivity index (χ3n) is 2.91. The zero-order valence-corrected chi connectivity index (χ0v) is 7.21. The highest BCUT2D eigenvalue weighted by Gasteiger charge is 2.28. The summed E-state index contributed by atoms with van der Waals surface area (Å²) in [5.74, 6) is 0. The minimum atomic E-state index is 0.763. The van der Waals surface area contributed by atoms with Crippen LogP contribution in [0.15, 0.2) is 0 Å². The predicted molar refractivity (Wildman–Crippen MR) is 46.0 cm³/mol. The number of imidazole rings is 1. The Morgan fingerprint density at radius 1 is 1.25 bits per heavy atom. The molecule has 0 N–H and O–H groups in total. The number of hydrogen-bond donors (Lipinski definition) is 0. The predicted octanol–water partition coefficient (Wildman–Crippen LogP) is 1.90. The molecule has 2 nitrogen and oxygen atoms in total. The number of rotatable bonds is 1. The van der Waals surface area contributed by atoms with Crippen molar-refractivity contribution in [2.24, 2.45) is 0 Å². The summed E-state index contributed by atoms with van der Waals surface area (Å²) in [5, 5.41) is 0. The second kappa shape index (κ2) is 2.35. The van der Waals surface area contributed by atoms with Gasteiger partial charge in [0.25, 0.3) is 0 Å². The summed E-state index contributed by atoms with van der Waals surface area (Å²) in [4.78, 5) is 4.36. The molecule has 1 aromatic heterocycles. The molecule has 1 heterocycles. The number of aryl methyl sites for hydroxylation is 1. The number of fused-ring (bicyclic) bond motifs is 1. The average molecular weight is 161 g/mol. The van der Waals surface area contributed by atoms with E-state index in [1.165, 1.54) is 49.9 Å². The van der Waals surface area contributed by atoms with Crippen LogP contribution in [-0.2, 0) is 12.8 Å². The highest BCUT2D eigenvalue weighted by molar-refractivity contribution is 5.17. The Bertz CT molecular complexity index is 297. The van der Waals surface area contributed by atoms with E-state index in [2.05, 4.69) is 15.9 Å². The van der Waals surface area contributed by atoms with Crippen LogP contribution in [0.1, 0.15) is 43.1 Å². The molecule has 2 aliphatic rings. The lowest BCUT2D eigenvalue weighted by Crippen LogP contribution is -2.06. The second-order valence-electron chi connectivity index (χ2n) is 3.91. The monoisotopic (exact) mass is 161 g/mol. The van der Waals surface area contributed by atoms with E-state index in [1.54, 1.807) is 0 Å². The lowest BCUT2D eigenvalue weighted by Gasteiger charge is -2.12. The Kier molecular flexibility index (Phi) is 1.31. The van der Waals surface area contributed by atoms with Gasteiger partial charge in [0.15, 0.2) is 6.33 Å². The van der Waals surface area contributed by atoms with Gasteiger partial charge in [0.1, 0.15) is 0 Å². The molecule has 2 heteroatoms. The summed E-state index contributed by atoms with van der Waals surface area (Å²) in [7, 11) is 0. The minimum Gasteiger partial charge on any atom is -0.322 e. The molecule has 0 saturated heterocycles. The summed E-state index contributed by atoms with van der Waals surface area (Å²) < 4.78 is 2.30. The van der Waals surface area contributed by atoms with E-state index in [1.807, 2.05) is 0 Å². The van der Waals surface area contributed by atoms with Gasteiger partial charge in [-0.1, -0.05) is 0 Å². The van der Waals surface area contributed by atoms with Gasteiger partial charge in [-0.05, 0) is 38.5 Å². The van der Waals surface area contributed by atoms with Gasteiger partial charge in [-0.25, -0.2) is 4.98 Å². The molecule has 2 aliphatic carbocycles. The van der Waals surface area contributed by atoms with Crippen LogP contribution in [0.25, 0.3) is 0 Å². The molecule has 0 aliphatic heterocycles. The maximum absolute atomic E-state index is 4.36. The van der Waals surface area contributed by atoms with E-state index >= 15 is 0 Å². The van der Waals surface area contributed by atoms with Crippen LogP contribution >= 0.6 is 0 Å². The third kappa shape index (κ3) is 0.904. The molecular weight excluding hydrogens is 148 g/mol. The molecular formula is C10H13N2. The van der Waals surface area contributed by atoms with E-state index in [0.717, 1.165) is 6.04 Å². The van der Waals surface area contributed by atoms with E-state index in [0.29, 0.717) is 0 Å². The van der Waals surface area contributed by atoms with Crippen molar-refractivity contribution in [3.05, 3.63) is 17.7 Å². The van der Waals surface area contributed by atoms with Crippen LogP contribution in [0.4, 0.5) is 0 Å². The summed E-state index contributed by atoms with van der Waals surface area (Å²) in [5.41, 5.74) is 2.82. The molecule has 3 rings (SSSR count). The molecule has 0 unspecified atom stereocenters. The van der Waals surface area contributed by atoms with Crippen molar-refractivity contribution in [3.63, 3.8) is 0 Å². The van der Waals surface area contributed by atoms with Gasteiger partial charge >= 0.3 is 0 Å². The summed E-state index contributed by atoms with van der Waals surface area (Å²) in [6, 6.07) is 0.763. The fraction of sp³-hybridized carbons (Fsp3) is 0.700. The van der Waals surface area contributed by atoms with Crippen molar-refractivity contribution in [2.45, 2.75) is 44.6 Å². The SMILES string of the molecule is [c]1nc2c(n1C1CC1)CCCC2. The van der Waals surface area contributed by atoms with Crippen LogP contribution in [0.3, 0.4) is 0 Å². The van der Waals surface area contributed by atoms with Gasteiger partial charge in [-0.15, -0.1) is 0 Å². The second-order valence-corrected chi connectivity index (χ2v) is 3.91. The Balaban J connectivity index is 2.03. The topological polar surface area (TPSA) is 17.8 Å². The fourth-order valence-corrected chi connectivity index (χ4v) is 2.06. The van der Waals surface area contributed by atoms with Gasteiger partial charge in [-0.3, -0.25) is 0 Å². The molecule has 0 spiro atoms. The maximum Gasteiger partial charge on any atom is 0.177 e. The van der Waals surface area contributed by atoms with E-state index in [-0.39, 0.29) is 0 Å². The quantitative estimate of drug-likeness (QED) is 0.615. The van der Waals surface area contributed by atoms with Crippen molar-refractivity contribution in [1.82, 2.24) is 9.55 Å². The minimum absolute atomic E-state index is 0.763. The number of aromatic nitrogens is 2. The zero-order chi connectivity index (χ0) is 7.97. The molecule has 63 valence electrons. The molecule has 0 bridgehead atoms. The first-order valence-corrected chi connectivity index (χ1v) is 4.93. The van der Waals surface area contributed by atoms with Crippen molar-refractivity contribution in [1.29, 1.82) is 0 Å². The first-order chi connectivity index (χ1) is 5.95. The molecule has 1 saturated carbocycles. The molecule has 0 amide bonds. The molecule has 1 aromatic rings. The lowest BCUT2D eigenvalue weighted by molar-refractivity contribution is 0.612. The van der Waals surface area contributed by atoms with Gasteiger partial charge in [0.2, 0.25) is 0 Å². The molecule has 0 aromatic carbocycles. The first-order valence-electron chi connectivity index (χ1n) is 4.93. The normalized spacial score (nSPS) is 22.3. The van der Waals surface area contributed by atoms with Crippen molar-refractivity contribution >= 4 is 0 Å². The van der Waals surface area contributed by atoms with Crippen LogP contribution in [0, 0.1) is 6.33 Å². The maximum atomic E-state index is 4.36.